The van der Waals surface area contributed by atoms with E-state index in [1.54, 1.807) is 0 Å². The number of piperidine rings is 1. The van der Waals surface area contributed by atoms with Crippen LogP contribution in [0.5, 0.6) is 0 Å². The van der Waals surface area contributed by atoms with Gasteiger partial charge in [0.2, 0.25) is 0 Å². The summed E-state index contributed by atoms with van der Waals surface area (Å²) >= 11 is 0. The summed E-state index contributed by atoms with van der Waals surface area (Å²) in [6.07, 6.45) is 3.59. The number of sulfonamides is 1. The van der Waals surface area contributed by atoms with Gasteiger partial charge in [-0.15, -0.1) is 0 Å². The van der Waals surface area contributed by atoms with Crippen molar-refractivity contribution in [2.24, 2.45) is 5.73 Å². The molecule has 3 N–H and O–H groups in total. The molecule has 0 amide bonds. The maximum absolute atomic E-state index is 12.4. The van der Waals surface area contributed by atoms with Crippen LogP contribution >= 0.6 is 0 Å². The van der Waals surface area contributed by atoms with Gasteiger partial charge >= 0.3 is 0 Å². The minimum Gasteiger partial charge on any atom is -0.377 e. The molecule has 0 aromatic carbocycles. The molecule has 8 heteroatoms. The number of imidazole rings is 1. The molecular weight excluding hydrogens is 280 g/mol. The molecule has 2 heterocycles. The Balaban J connectivity index is 1.98. The second-order valence-corrected chi connectivity index (χ2v) is 6.72. The highest BCUT2D eigenvalue weighted by atomic mass is 32.2. The number of aromatic nitrogens is 2. The lowest BCUT2D eigenvalue weighted by Crippen LogP contribution is -2.41. The van der Waals surface area contributed by atoms with Gasteiger partial charge in [0.1, 0.15) is 5.82 Å². The van der Waals surface area contributed by atoms with E-state index in [1.807, 2.05) is 6.92 Å². The fraction of sp³-hybridized carbons (Fsp3) is 0.750. The van der Waals surface area contributed by atoms with Crippen molar-refractivity contribution in [1.29, 1.82) is 0 Å². The summed E-state index contributed by atoms with van der Waals surface area (Å²) in [5, 5.41) is 0.177. The van der Waals surface area contributed by atoms with Crippen molar-refractivity contribution in [3.8, 4) is 0 Å². The lowest BCUT2D eigenvalue weighted by atomic mass is 10.1. The first-order chi connectivity index (χ1) is 9.57. The van der Waals surface area contributed by atoms with Crippen molar-refractivity contribution >= 4 is 10.0 Å². The summed E-state index contributed by atoms with van der Waals surface area (Å²) in [4.78, 5) is 6.91. The van der Waals surface area contributed by atoms with Gasteiger partial charge in [-0.25, -0.2) is 13.4 Å². The lowest BCUT2D eigenvalue weighted by molar-refractivity contribution is 0.0257. The van der Waals surface area contributed by atoms with E-state index >= 15 is 0 Å². The molecule has 1 aromatic rings. The maximum atomic E-state index is 12.4. The summed E-state index contributed by atoms with van der Waals surface area (Å²) in [6, 6.07) is 0. The number of hydrogen-bond acceptors (Lipinski definition) is 5. The fourth-order valence-corrected chi connectivity index (χ4v) is 3.67. The normalized spacial score (nSPS) is 18.5. The Kier molecular flexibility index (Phi) is 5.14. The Hall–Kier alpha value is -0.960. The molecule has 114 valence electrons. The van der Waals surface area contributed by atoms with Crippen molar-refractivity contribution in [2.75, 3.05) is 26.2 Å². The summed E-state index contributed by atoms with van der Waals surface area (Å²) in [7, 11) is -3.46. The molecule has 1 aliphatic heterocycles. The summed E-state index contributed by atoms with van der Waals surface area (Å²) < 4.78 is 31.9. The average molecular weight is 302 g/mol. The van der Waals surface area contributed by atoms with Gasteiger partial charge in [0.05, 0.1) is 18.9 Å². The van der Waals surface area contributed by atoms with Crippen LogP contribution in [0.3, 0.4) is 0 Å². The zero-order valence-electron chi connectivity index (χ0n) is 11.7. The topological polar surface area (TPSA) is 101 Å². The minimum absolute atomic E-state index is 0.109. The Labute approximate surface area is 119 Å². The molecule has 2 rings (SSSR count). The Morgan fingerprint density at radius 2 is 2.20 bits per heavy atom. The number of aryl methyl sites for hydroxylation is 1. The van der Waals surface area contributed by atoms with E-state index in [2.05, 4.69) is 9.97 Å². The van der Waals surface area contributed by atoms with Crippen molar-refractivity contribution in [3.05, 3.63) is 12.0 Å². The largest absolute Gasteiger partial charge is 0.377 e. The molecule has 1 saturated heterocycles. The van der Waals surface area contributed by atoms with Crippen molar-refractivity contribution in [2.45, 2.75) is 37.3 Å². The second-order valence-electron chi connectivity index (χ2n) is 4.81. The number of aromatic amines is 1. The third-order valence-corrected chi connectivity index (χ3v) is 5.24. The first-order valence-electron chi connectivity index (χ1n) is 6.93. The fourth-order valence-electron chi connectivity index (χ4n) is 2.27. The first-order valence-corrected chi connectivity index (χ1v) is 8.37. The van der Waals surface area contributed by atoms with E-state index in [4.69, 9.17) is 10.5 Å². The number of nitrogens with zero attached hydrogens (tertiary/aromatic N) is 2. The summed E-state index contributed by atoms with van der Waals surface area (Å²) in [6.45, 7) is 3.88. The third-order valence-electron chi connectivity index (χ3n) is 3.43. The molecule has 0 aliphatic carbocycles. The van der Waals surface area contributed by atoms with Crippen LogP contribution in [-0.2, 0) is 21.2 Å². The molecule has 7 nitrogen and oxygen atoms in total. The number of ether oxygens (including phenoxy) is 1. The van der Waals surface area contributed by atoms with Crippen LogP contribution in [0.15, 0.2) is 11.2 Å². The van der Waals surface area contributed by atoms with Gasteiger partial charge in [-0.05, 0) is 12.8 Å². The first kappa shape index (κ1) is 15.4. The second kappa shape index (κ2) is 6.66. The zero-order valence-corrected chi connectivity index (χ0v) is 12.5. The van der Waals surface area contributed by atoms with E-state index < -0.39 is 10.0 Å². The highest BCUT2D eigenvalue weighted by Gasteiger charge is 2.30. The molecule has 20 heavy (non-hydrogen) atoms. The summed E-state index contributed by atoms with van der Waals surface area (Å²) in [5.74, 6) is 0.685. The average Bonchev–Trinajstić information content (AvgIpc) is 2.95. The Morgan fingerprint density at radius 3 is 2.75 bits per heavy atom. The van der Waals surface area contributed by atoms with Crippen LogP contribution in [-0.4, -0.2) is 55.0 Å². The Bertz CT molecular complexity index is 521. The molecule has 0 radical (unpaired) electrons. The SMILES string of the molecule is CCc1ncc(S(=O)(=O)N2CCC(OCCN)CC2)[nH]1. The van der Waals surface area contributed by atoms with E-state index in [0.717, 1.165) is 0 Å². The van der Waals surface area contributed by atoms with E-state index in [9.17, 15) is 8.42 Å². The predicted molar refractivity (Wildman–Crippen MR) is 74.8 cm³/mol. The smallest absolute Gasteiger partial charge is 0.260 e. The molecule has 0 saturated carbocycles. The number of H-pyrrole nitrogens is 1. The lowest BCUT2D eigenvalue weighted by Gasteiger charge is -2.30. The number of rotatable bonds is 6. The van der Waals surface area contributed by atoms with Gasteiger partial charge in [-0.1, -0.05) is 6.92 Å². The van der Waals surface area contributed by atoms with Crippen LogP contribution in [0.1, 0.15) is 25.6 Å². The number of nitrogens with one attached hydrogen (secondary N) is 1. The quantitative estimate of drug-likeness (QED) is 0.776. The van der Waals surface area contributed by atoms with Gasteiger partial charge in [-0.3, -0.25) is 0 Å². The third kappa shape index (κ3) is 3.38. The van der Waals surface area contributed by atoms with E-state index in [0.29, 0.717) is 51.3 Å². The molecule has 0 atom stereocenters. The van der Waals surface area contributed by atoms with Crippen LogP contribution in [0.4, 0.5) is 0 Å². The molecule has 1 fully saturated rings. The van der Waals surface area contributed by atoms with Crippen molar-refractivity contribution < 1.29 is 13.2 Å². The summed E-state index contributed by atoms with van der Waals surface area (Å²) in [5.41, 5.74) is 5.39. The van der Waals surface area contributed by atoms with Crippen LogP contribution < -0.4 is 5.73 Å². The molecule has 0 spiro atoms. The predicted octanol–water partition coefficient (Wildman–Crippen LogP) is 0.101. The van der Waals surface area contributed by atoms with Crippen LogP contribution in [0.25, 0.3) is 0 Å². The molecular formula is C12H22N4O3S. The number of hydrogen-bond donors (Lipinski definition) is 2. The van der Waals surface area contributed by atoms with Crippen molar-refractivity contribution in [3.63, 3.8) is 0 Å². The highest BCUT2D eigenvalue weighted by molar-refractivity contribution is 7.89. The minimum atomic E-state index is -3.46. The molecule has 1 aliphatic rings. The Morgan fingerprint density at radius 1 is 1.50 bits per heavy atom. The molecule has 0 bridgehead atoms. The number of nitrogens with two attached hydrogens (primary N) is 1. The van der Waals surface area contributed by atoms with Crippen LogP contribution in [0, 0.1) is 0 Å². The standard InChI is InChI=1S/C12H22N4O3S/c1-2-11-14-9-12(15-11)20(17,18)16-6-3-10(4-7-16)19-8-5-13/h9-10H,2-8,13H2,1H3,(H,14,15). The molecule has 0 unspecified atom stereocenters. The maximum Gasteiger partial charge on any atom is 0.260 e. The highest BCUT2D eigenvalue weighted by Crippen LogP contribution is 2.21. The van der Waals surface area contributed by atoms with E-state index in [-0.39, 0.29) is 11.1 Å². The molecule has 1 aromatic heterocycles. The van der Waals surface area contributed by atoms with Gasteiger partial charge in [0.25, 0.3) is 10.0 Å². The van der Waals surface area contributed by atoms with Crippen LogP contribution in [0.2, 0.25) is 0 Å². The van der Waals surface area contributed by atoms with Crippen molar-refractivity contribution in [1.82, 2.24) is 14.3 Å². The monoisotopic (exact) mass is 302 g/mol. The van der Waals surface area contributed by atoms with Gasteiger partial charge in [-0.2, -0.15) is 4.31 Å². The zero-order chi connectivity index (χ0) is 14.6. The van der Waals surface area contributed by atoms with Gasteiger partial charge in [0.15, 0.2) is 5.03 Å². The van der Waals surface area contributed by atoms with Gasteiger partial charge in [0, 0.05) is 26.1 Å². The van der Waals surface area contributed by atoms with Gasteiger partial charge < -0.3 is 15.5 Å². The van der Waals surface area contributed by atoms with E-state index in [1.165, 1.54) is 10.5 Å².